The maximum Gasteiger partial charge on any atom is 0.431 e. The molecule has 3 N–H and O–H groups in total. The lowest BCUT2D eigenvalue weighted by molar-refractivity contribution is -0.140. The normalized spacial score (nSPS) is 17.9. The van der Waals surface area contributed by atoms with Gasteiger partial charge in [-0.05, 0) is 18.4 Å². The Balaban J connectivity index is 1.94. The topological polar surface area (TPSA) is 65.1 Å². The van der Waals surface area contributed by atoms with Crippen molar-refractivity contribution in [2.24, 2.45) is 5.92 Å². The van der Waals surface area contributed by atoms with Crippen LogP contribution in [0.4, 0.5) is 13.2 Å². The maximum atomic E-state index is 12.5. The van der Waals surface area contributed by atoms with Gasteiger partial charge < -0.3 is 15.4 Å². The second-order valence-electron chi connectivity index (χ2n) is 5.54. The minimum Gasteiger partial charge on any atom is -0.394 e. The predicted octanol–water partition coefficient (Wildman–Crippen LogP) is 2.70. The summed E-state index contributed by atoms with van der Waals surface area (Å²) in [5.74, 6) is -0.127. The first-order chi connectivity index (χ1) is 9.90. The van der Waals surface area contributed by atoms with E-state index in [0.29, 0.717) is 12.3 Å². The molecule has 1 unspecified atom stereocenters. The molecule has 1 heterocycles. The molecule has 2 rings (SSSR count). The summed E-state index contributed by atoms with van der Waals surface area (Å²) >= 11 is 0. The van der Waals surface area contributed by atoms with E-state index in [0.717, 1.165) is 37.9 Å². The smallest absolute Gasteiger partial charge is 0.394 e. The predicted molar refractivity (Wildman–Crippen MR) is 70.7 cm³/mol. The van der Waals surface area contributed by atoms with Crippen LogP contribution >= 0.6 is 0 Å². The van der Waals surface area contributed by atoms with E-state index < -0.39 is 23.8 Å². The van der Waals surface area contributed by atoms with Crippen molar-refractivity contribution < 1.29 is 23.1 Å². The average Bonchev–Trinajstić information content (AvgIpc) is 3.08. The molecule has 4 nitrogen and oxygen atoms in total. The zero-order valence-corrected chi connectivity index (χ0v) is 11.5. The number of amides is 1. The minimum atomic E-state index is -4.50. The Morgan fingerprint density at radius 2 is 2.10 bits per heavy atom. The van der Waals surface area contributed by atoms with Gasteiger partial charge in [-0.2, -0.15) is 13.2 Å². The molecule has 21 heavy (non-hydrogen) atoms. The summed E-state index contributed by atoms with van der Waals surface area (Å²) in [6, 6.07) is 0.365. The van der Waals surface area contributed by atoms with Crippen LogP contribution in [0.5, 0.6) is 0 Å². The van der Waals surface area contributed by atoms with E-state index in [1.807, 2.05) is 4.98 Å². The quantitative estimate of drug-likeness (QED) is 0.783. The third kappa shape index (κ3) is 4.23. The summed E-state index contributed by atoms with van der Waals surface area (Å²) < 4.78 is 37.4. The van der Waals surface area contributed by atoms with Crippen LogP contribution in [-0.2, 0) is 6.18 Å². The first kappa shape index (κ1) is 15.9. The molecular formula is C14H19F3N2O2. The average molecular weight is 304 g/mol. The summed E-state index contributed by atoms with van der Waals surface area (Å²) in [4.78, 5) is 14.0. The fourth-order valence-corrected chi connectivity index (χ4v) is 2.79. The Morgan fingerprint density at radius 3 is 2.62 bits per heavy atom. The molecule has 0 aliphatic heterocycles. The number of H-pyrrole nitrogens is 1. The molecular weight excluding hydrogens is 285 g/mol. The Bertz CT molecular complexity index is 479. The Morgan fingerprint density at radius 1 is 1.43 bits per heavy atom. The molecule has 0 bridgehead atoms. The van der Waals surface area contributed by atoms with E-state index in [4.69, 9.17) is 0 Å². The van der Waals surface area contributed by atoms with Crippen molar-refractivity contribution in [3.8, 4) is 0 Å². The Kier molecular flexibility index (Phi) is 4.92. The number of alkyl halides is 3. The van der Waals surface area contributed by atoms with E-state index in [-0.39, 0.29) is 12.2 Å². The molecule has 1 saturated carbocycles. The monoisotopic (exact) mass is 304 g/mol. The van der Waals surface area contributed by atoms with Crippen molar-refractivity contribution in [1.82, 2.24) is 10.3 Å². The van der Waals surface area contributed by atoms with Gasteiger partial charge in [0, 0.05) is 6.20 Å². The summed E-state index contributed by atoms with van der Waals surface area (Å²) in [6.45, 7) is -0.210. The minimum absolute atomic E-state index is 0.0767. The first-order valence-electron chi connectivity index (χ1n) is 7.07. The van der Waals surface area contributed by atoms with Gasteiger partial charge in [-0.15, -0.1) is 0 Å². The van der Waals surface area contributed by atoms with E-state index >= 15 is 0 Å². The molecule has 0 saturated heterocycles. The number of aliphatic hydroxyl groups is 1. The van der Waals surface area contributed by atoms with Gasteiger partial charge in [0.15, 0.2) is 0 Å². The fourth-order valence-electron chi connectivity index (χ4n) is 2.79. The van der Waals surface area contributed by atoms with Gasteiger partial charge in [-0.25, -0.2) is 0 Å². The van der Waals surface area contributed by atoms with Crippen LogP contribution in [0.15, 0.2) is 12.3 Å². The number of aromatic nitrogens is 1. The molecule has 1 fully saturated rings. The SMILES string of the molecule is O=C(NC(CO)CC1CCCC1)c1c[nH]c(C(F)(F)F)c1. The zero-order valence-electron chi connectivity index (χ0n) is 11.5. The van der Waals surface area contributed by atoms with E-state index in [1.165, 1.54) is 0 Å². The molecule has 1 aliphatic carbocycles. The van der Waals surface area contributed by atoms with Crippen molar-refractivity contribution in [2.75, 3.05) is 6.61 Å². The molecule has 0 aromatic carbocycles. The van der Waals surface area contributed by atoms with Crippen LogP contribution in [0.3, 0.4) is 0 Å². The van der Waals surface area contributed by atoms with Crippen molar-refractivity contribution in [2.45, 2.75) is 44.3 Å². The number of nitrogens with one attached hydrogen (secondary N) is 2. The molecule has 1 amide bonds. The lowest BCUT2D eigenvalue weighted by Gasteiger charge is -2.19. The zero-order chi connectivity index (χ0) is 15.5. The molecule has 1 atom stereocenters. The van der Waals surface area contributed by atoms with Crippen LogP contribution in [0.1, 0.15) is 48.2 Å². The Labute approximate surface area is 120 Å². The lowest BCUT2D eigenvalue weighted by atomic mass is 9.98. The highest BCUT2D eigenvalue weighted by molar-refractivity contribution is 5.94. The number of halogens is 3. The molecule has 0 spiro atoms. The number of aliphatic hydroxyl groups excluding tert-OH is 1. The van der Waals surface area contributed by atoms with Crippen molar-refractivity contribution in [3.05, 3.63) is 23.5 Å². The van der Waals surface area contributed by atoms with Gasteiger partial charge >= 0.3 is 6.18 Å². The summed E-state index contributed by atoms with van der Waals surface area (Å²) in [5.41, 5.74) is -1.03. The van der Waals surface area contributed by atoms with E-state index in [1.54, 1.807) is 0 Å². The standard InChI is InChI=1S/C14H19F3N2O2/c15-14(16,17)12-6-10(7-18-12)13(21)19-11(8-20)5-9-3-1-2-4-9/h6-7,9,11,18,20H,1-5,8H2,(H,19,21). The highest BCUT2D eigenvalue weighted by Gasteiger charge is 2.33. The lowest BCUT2D eigenvalue weighted by Crippen LogP contribution is -2.38. The van der Waals surface area contributed by atoms with Crippen molar-refractivity contribution in [1.29, 1.82) is 0 Å². The molecule has 1 aromatic heterocycles. The third-order valence-electron chi connectivity index (χ3n) is 3.90. The number of rotatable bonds is 5. The van der Waals surface area contributed by atoms with E-state index in [2.05, 4.69) is 5.32 Å². The highest BCUT2D eigenvalue weighted by atomic mass is 19.4. The van der Waals surface area contributed by atoms with Gasteiger partial charge in [-0.3, -0.25) is 4.79 Å². The van der Waals surface area contributed by atoms with Gasteiger partial charge in [-0.1, -0.05) is 25.7 Å². The largest absolute Gasteiger partial charge is 0.431 e. The van der Waals surface area contributed by atoms with Gasteiger partial charge in [0.1, 0.15) is 5.69 Å². The maximum absolute atomic E-state index is 12.5. The van der Waals surface area contributed by atoms with Gasteiger partial charge in [0.2, 0.25) is 0 Å². The number of carbonyl (C=O) groups excluding carboxylic acids is 1. The van der Waals surface area contributed by atoms with Crippen LogP contribution in [0, 0.1) is 5.92 Å². The van der Waals surface area contributed by atoms with Crippen LogP contribution in [-0.4, -0.2) is 28.6 Å². The summed E-state index contributed by atoms with van der Waals surface area (Å²) in [5, 5.41) is 11.9. The van der Waals surface area contributed by atoms with Crippen molar-refractivity contribution >= 4 is 5.91 Å². The fraction of sp³-hybridized carbons (Fsp3) is 0.643. The molecule has 0 radical (unpaired) electrons. The molecule has 118 valence electrons. The second-order valence-corrected chi connectivity index (χ2v) is 5.54. The second kappa shape index (κ2) is 6.51. The highest BCUT2D eigenvalue weighted by Crippen LogP contribution is 2.29. The van der Waals surface area contributed by atoms with Gasteiger partial charge in [0.25, 0.3) is 5.91 Å². The van der Waals surface area contributed by atoms with Crippen LogP contribution < -0.4 is 5.32 Å². The first-order valence-corrected chi connectivity index (χ1v) is 7.07. The van der Waals surface area contributed by atoms with E-state index in [9.17, 15) is 23.1 Å². The van der Waals surface area contributed by atoms with Crippen molar-refractivity contribution in [3.63, 3.8) is 0 Å². The molecule has 7 heteroatoms. The number of carbonyl (C=O) groups is 1. The molecule has 1 aliphatic rings. The third-order valence-corrected chi connectivity index (χ3v) is 3.90. The molecule has 1 aromatic rings. The van der Waals surface area contributed by atoms with Gasteiger partial charge in [0.05, 0.1) is 18.2 Å². The Hall–Kier alpha value is -1.50. The number of hydrogen-bond donors (Lipinski definition) is 3. The van der Waals surface area contributed by atoms with Crippen LogP contribution in [0.2, 0.25) is 0 Å². The van der Waals surface area contributed by atoms with Crippen LogP contribution in [0.25, 0.3) is 0 Å². The summed E-state index contributed by atoms with van der Waals surface area (Å²) in [7, 11) is 0. The number of aromatic amines is 1. The number of hydrogen-bond acceptors (Lipinski definition) is 2. The summed E-state index contributed by atoms with van der Waals surface area (Å²) in [6.07, 6.45) is 1.66.